The zero-order valence-electron chi connectivity index (χ0n) is 19.0. The van der Waals surface area contributed by atoms with Crippen LogP contribution < -0.4 is 20.1 Å². The van der Waals surface area contributed by atoms with E-state index < -0.39 is 24.1 Å². The molecule has 1 amide bonds. The number of benzene rings is 2. The van der Waals surface area contributed by atoms with Gasteiger partial charge in [0.15, 0.2) is 18.2 Å². The fourth-order valence-corrected chi connectivity index (χ4v) is 3.99. The molecule has 180 valence electrons. The summed E-state index contributed by atoms with van der Waals surface area (Å²) in [6.07, 6.45) is 6.23. The first-order chi connectivity index (χ1) is 16.5. The van der Waals surface area contributed by atoms with Gasteiger partial charge in [-0.05, 0) is 62.2 Å². The van der Waals surface area contributed by atoms with Crippen LogP contribution in [0.15, 0.2) is 48.7 Å². The van der Waals surface area contributed by atoms with Gasteiger partial charge in [0.05, 0.1) is 12.3 Å². The number of rotatable bonds is 9. The summed E-state index contributed by atoms with van der Waals surface area (Å²) in [6, 6.07) is 10.6. The van der Waals surface area contributed by atoms with Crippen LogP contribution in [0.1, 0.15) is 25.7 Å². The highest BCUT2D eigenvalue weighted by Gasteiger charge is 2.16. The van der Waals surface area contributed by atoms with Gasteiger partial charge in [0.25, 0.3) is 5.91 Å². The SMILES string of the molecule is Cn1nccc1-c1cc(NC(=O)COc2ccc(F)cc2F)ccc1OCCC1CCCCN1. The van der Waals surface area contributed by atoms with Crippen molar-refractivity contribution in [3.8, 4) is 22.8 Å². The van der Waals surface area contributed by atoms with E-state index in [0.717, 1.165) is 42.8 Å². The average molecular weight is 471 g/mol. The van der Waals surface area contributed by atoms with Crippen molar-refractivity contribution in [2.24, 2.45) is 7.05 Å². The molecule has 1 unspecified atom stereocenters. The van der Waals surface area contributed by atoms with Gasteiger partial charge in [-0.3, -0.25) is 9.48 Å². The summed E-state index contributed by atoms with van der Waals surface area (Å²) in [5.41, 5.74) is 2.16. The first-order valence-corrected chi connectivity index (χ1v) is 11.4. The molecule has 0 bridgehead atoms. The summed E-state index contributed by atoms with van der Waals surface area (Å²) in [5, 5.41) is 10.5. The molecule has 4 rings (SSSR count). The maximum Gasteiger partial charge on any atom is 0.262 e. The molecule has 1 aromatic heterocycles. The van der Waals surface area contributed by atoms with Crippen molar-refractivity contribution in [2.45, 2.75) is 31.7 Å². The van der Waals surface area contributed by atoms with Crippen LogP contribution >= 0.6 is 0 Å². The Balaban J connectivity index is 1.42. The van der Waals surface area contributed by atoms with Gasteiger partial charge in [-0.15, -0.1) is 0 Å². The van der Waals surface area contributed by atoms with Crippen LogP contribution in [-0.2, 0) is 11.8 Å². The quantitative estimate of drug-likeness (QED) is 0.488. The lowest BCUT2D eigenvalue weighted by molar-refractivity contribution is -0.118. The number of aromatic nitrogens is 2. The second-order valence-corrected chi connectivity index (χ2v) is 8.25. The summed E-state index contributed by atoms with van der Waals surface area (Å²) in [5.74, 6) is -1.55. The highest BCUT2D eigenvalue weighted by molar-refractivity contribution is 5.93. The predicted octanol–water partition coefficient (Wildman–Crippen LogP) is 4.29. The molecule has 0 saturated carbocycles. The topological polar surface area (TPSA) is 77.4 Å². The first-order valence-electron chi connectivity index (χ1n) is 11.4. The number of carbonyl (C=O) groups is 1. The van der Waals surface area contributed by atoms with Gasteiger partial charge < -0.3 is 20.1 Å². The van der Waals surface area contributed by atoms with E-state index in [2.05, 4.69) is 15.7 Å². The number of aryl methyl sites for hydroxylation is 1. The van der Waals surface area contributed by atoms with Gasteiger partial charge >= 0.3 is 0 Å². The second-order valence-electron chi connectivity index (χ2n) is 8.25. The zero-order chi connectivity index (χ0) is 23.9. The maximum atomic E-state index is 13.7. The summed E-state index contributed by atoms with van der Waals surface area (Å²) in [6.45, 7) is 1.21. The van der Waals surface area contributed by atoms with Crippen molar-refractivity contribution >= 4 is 11.6 Å². The molecular weight excluding hydrogens is 442 g/mol. The van der Waals surface area contributed by atoms with Gasteiger partial charge in [-0.2, -0.15) is 5.10 Å². The Kier molecular flexibility index (Phi) is 7.74. The summed E-state index contributed by atoms with van der Waals surface area (Å²) >= 11 is 0. The van der Waals surface area contributed by atoms with Gasteiger partial charge in [-0.1, -0.05) is 6.42 Å². The fourth-order valence-electron chi connectivity index (χ4n) is 3.99. The van der Waals surface area contributed by atoms with Crippen LogP contribution in [-0.4, -0.2) is 41.5 Å². The molecule has 1 fully saturated rings. The normalized spacial score (nSPS) is 15.7. The molecule has 1 aliphatic heterocycles. The van der Waals surface area contributed by atoms with Gasteiger partial charge in [0.1, 0.15) is 11.6 Å². The van der Waals surface area contributed by atoms with E-state index in [4.69, 9.17) is 9.47 Å². The standard InChI is InChI=1S/C25H28F2N4O3/c1-31-22(9-12-29-31)20-15-19(6-8-23(20)33-13-10-18-4-2-3-11-28-18)30-25(32)16-34-24-7-5-17(26)14-21(24)27/h5-9,12,14-15,18,28H,2-4,10-11,13,16H2,1H3,(H,30,32). The number of carbonyl (C=O) groups excluding carboxylic acids is 1. The largest absolute Gasteiger partial charge is 0.493 e. The van der Waals surface area contributed by atoms with Crippen LogP contribution in [0, 0.1) is 11.6 Å². The summed E-state index contributed by atoms with van der Waals surface area (Å²) in [7, 11) is 1.83. The van der Waals surface area contributed by atoms with E-state index in [1.54, 1.807) is 16.9 Å². The maximum absolute atomic E-state index is 13.7. The van der Waals surface area contributed by atoms with Crippen molar-refractivity contribution in [3.05, 3.63) is 60.3 Å². The molecule has 9 heteroatoms. The Morgan fingerprint density at radius 3 is 2.74 bits per heavy atom. The number of amides is 1. The minimum absolute atomic E-state index is 0.191. The van der Waals surface area contributed by atoms with Crippen molar-refractivity contribution in [1.29, 1.82) is 0 Å². The van der Waals surface area contributed by atoms with Crippen LogP contribution in [0.5, 0.6) is 11.5 Å². The number of hydrogen-bond donors (Lipinski definition) is 2. The third kappa shape index (κ3) is 6.11. The second kappa shape index (κ2) is 11.1. The molecule has 1 aliphatic rings. The molecule has 2 N–H and O–H groups in total. The monoisotopic (exact) mass is 470 g/mol. The Bertz CT molecular complexity index is 1130. The Labute approximate surface area is 197 Å². The molecule has 2 aromatic carbocycles. The summed E-state index contributed by atoms with van der Waals surface area (Å²) in [4.78, 5) is 12.4. The first kappa shape index (κ1) is 23.7. The van der Waals surface area contributed by atoms with Gasteiger partial charge in [-0.25, -0.2) is 8.78 Å². The molecule has 1 saturated heterocycles. The number of ether oxygens (including phenoxy) is 2. The lowest BCUT2D eigenvalue weighted by Crippen LogP contribution is -2.35. The van der Waals surface area contributed by atoms with Gasteiger partial charge in [0, 0.05) is 36.6 Å². The smallest absolute Gasteiger partial charge is 0.262 e. The van der Waals surface area contributed by atoms with Crippen molar-refractivity contribution in [3.63, 3.8) is 0 Å². The molecule has 3 aromatic rings. The number of anilines is 1. The molecular formula is C25H28F2N4O3. The van der Waals surface area contributed by atoms with Crippen LogP contribution in [0.25, 0.3) is 11.3 Å². The molecule has 7 nitrogen and oxygen atoms in total. The Morgan fingerprint density at radius 1 is 1.15 bits per heavy atom. The third-order valence-corrected chi connectivity index (χ3v) is 5.75. The van der Waals surface area contributed by atoms with Crippen molar-refractivity contribution < 1.29 is 23.0 Å². The number of halogens is 2. The molecule has 0 spiro atoms. The van der Waals surface area contributed by atoms with Crippen LogP contribution in [0.3, 0.4) is 0 Å². The van der Waals surface area contributed by atoms with Crippen LogP contribution in [0.4, 0.5) is 14.5 Å². The van der Waals surface area contributed by atoms with E-state index in [1.807, 2.05) is 25.2 Å². The average Bonchev–Trinajstić information content (AvgIpc) is 3.25. The van der Waals surface area contributed by atoms with E-state index in [0.29, 0.717) is 30.2 Å². The molecule has 2 heterocycles. The van der Waals surface area contributed by atoms with Crippen LogP contribution in [0.2, 0.25) is 0 Å². The number of piperidine rings is 1. The lowest BCUT2D eigenvalue weighted by Gasteiger charge is -2.23. The van der Waals surface area contributed by atoms with E-state index in [1.165, 1.54) is 12.8 Å². The van der Waals surface area contributed by atoms with E-state index in [-0.39, 0.29) is 5.75 Å². The molecule has 34 heavy (non-hydrogen) atoms. The van der Waals surface area contributed by atoms with Crippen molar-refractivity contribution in [1.82, 2.24) is 15.1 Å². The minimum Gasteiger partial charge on any atom is -0.493 e. The number of hydrogen-bond acceptors (Lipinski definition) is 5. The highest BCUT2D eigenvalue weighted by Crippen LogP contribution is 2.33. The third-order valence-electron chi connectivity index (χ3n) is 5.75. The number of nitrogens with zero attached hydrogens (tertiary/aromatic N) is 2. The van der Waals surface area contributed by atoms with E-state index >= 15 is 0 Å². The molecule has 0 radical (unpaired) electrons. The molecule has 0 aliphatic carbocycles. The molecule has 1 atom stereocenters. The summed E-state index contributed by atoms with van der Waals surface area (Å²) < 4.78 is 39.8. The lowest BCUT2D eigenvalue weighted by atomic mass is 10.0. The number of nitrogens with one attached hydrogen (secondary N) is 2. The predicted molar refractivity (Wildman–Crippen MR) is 125 cm³/mol. The fraction of sp³-hybridized carbons (Fsp3) is 0.360. The Hall–Kier alpha value is -3.46. The van der Waals surface area contributed by atoms with Crippen molar-refractivity contribution in [2.75, 3.05) is 25.1 Å². The minimum atomic E-state index is -0.865. The Morgan fingerprint density at radius 2 is 2.00 bits per heavy atom. The van der Waals surface area contributed by atoms with E-state index in [9.17, 15) is 13.6 Å². The highest BCUT2D eigenvalue weighted by atomic mass is 19.1. The zero-order valence-corrected chi connectivity index (χ0v) is 19.0. The van der Waals surface area contributed by atoms with Gasteiger partial charge in [0.2, 0.25) is 0 Å².